The number of hydrogen-bond donors (Lipinski definition) is 2. The molecule has 8 heteroatoms. The Balaban J connectivity index is 1.61. The zero-order valence-corrected chi connectivity index (χ0v) is 20.6. The van der Waals surface area contributed by atoms with E-state index < -0.39 is 17.7 Å². The first-order valence-corrected chi connectivity index (χ1v) is 11.9. The van der Waals surface area contributed by atoms with Crippen molar-refractivity contribution in [2.24, 2.45) is 5.92 Å². The molecule has 0 spiro atoms. The molecule has 2 N–H and O–H groups in total. The van der Waals surface area contributed by atoms with Crippen LogP contribution in [0, 0.1) is 5.92 Å². The monoisotopic (exact) mass is 489 g/mol. The second kappa shape index (κ2) is 9.11. The quantitative estimate of drug-likeness (QED) is 0.478. The molecule has 180 valence electrons. The van der Waals surface area contributed by atoms with Gasteiger partial charge in [-0.2, -0.15) is 0 Å². The van der Waals surface area contributed by atoms with E-state index in [2.05, 4.69) is 10.6 Å². The van der Waals surface area contributed by atoms with Crippen molar-refractivity contribution in [2.75, 3.05) is 23.9 Å². The fourth-order valence-electron chi connectivity index (χ4n) is 4.90. The first-order valence-electron chi connectivity index (χ1n) is 11.5. The number of ether oxygens (including phenoxy) is 3. The van der Waals surface area contributed by atoms with Gasteiger partial charge in [-0.1, -0.05) is 30.3 Å². The van der Waals surface area contributed by atoms with Gasteiger partial charge in [0.1, 0.15) is 11.7 Å². The molecule has 2 heterocycles. The summed E-state index contributed by atoms with van der Waals surface area (Å²) in [6, 6.07) is 22.3. The summed E-state index contributed by atoms with van der Waals surface area (Å²) in [5.74, 6) is 1.14. The molecule has 5 rings (SSSR count). The zero-order valence-electron chi connectivity index (χ0n) is 19.8. The summed E-state index contributed by atoms with van der Waals surface area (Å²) in [6.07, 6.45) is 0. The summed E-state index contributed by atoms with van der Waals surface area (Å²) in [7, 11) is 1.61. The number of carbonyl (C=O) groups excluding carboxylic acids is 1. The van der Waals surface area contributed by atoms with E-state index in [9.17, 15) is 4.79 Å². The highest BCUT2D eigenvalue weighted by Crippen LogP contribution is 2.52. The van der Waals surface area contributed by atoms with Gasteiger partial charge in [-0.25, -0.2) is 0 Å². The van der Waals surface area contributed by atoms with Crippen molar-refractivity contribution < 1.29 is 19.0 Å². The van der Waals surface area contributed by atoms with Crippen LogP contribution in [0.2, 0.25) is 0 Å². The van der Waals surface area contributed by atoms with E-state index in [0.717, 1.165) is 11.3 Å². The van der Waals surface area contributed by atoms with Crippen molar-refractivity contribution in [3.63, 3.8) is 0 Å². The van der Waals surface area contributed by atoms with Crippen molar-refractivity contribution in [3.8, 4) is 17.2 Å². The lowest BCUT2D eigenvalue weighted by atomic mass is 9.78. The van der Waals surface area contributed by atoms with E-state index in [4.69, 9.17) is 26.4 Å². The highest BCUT2D eigenvalue weighted by molar-refractivity contribution is 7.80. The molecule has 2 aliphatic rings. The number of thiocarbonyl (C=S) groups is 1. The van der Waals surface area contributed by atoms with Gasteiger partial charge in [-0.15, -0.1) is 0 Å². The van der Waals surface area contributed by atoms with Gasteiger partial charge in [0.15, 0.2) is 22.3 Å². The molecular formula is C27H27N3O4S. The maximum absolute atomic E-state index is 13.9. The van der Waals surface area contributed by atoms with E-state index >= 15 is 0 Å². The molecule has 0 radical (unpaired) electrons. The van der Waals surface area contributed by atoms with Crippen molar-refractivity contribution in [2.45, 2.75) is 25.6 Å². The number of para-hydroxylation sites is 2. The van der Waals surface area contributed by atoms with Gasteiger partial charge >= 0.3 is 0 Å². The van der Waals surface area contributed by atoms with Gasteiger partial charge in [-0.3, -0.25) is 9.69 Å². The van der Waals surface area contributed by atoms with Gasteiger partial charge in [0.05, 0.1) is 19.8 Å². The third-order valence-corrected chi connectivity index (χ3v) is 6.74. The molecular weight excluding hydrogens is 462 g/mol. The van der Waals surface area contributed by atoms with Crippen molar-refractivity contribution >= 4 is 34.6 Å². The Morgan fingerprint density at radius 1 is 1.11 bits per heavy atom. The topological polar surface area (TPSA) is 72.1 Å². The average molecular weight is 490 g/mol. The van der Waals surface area contributed by atoms with Crippen LogP contribution < -0.4 is 29.7 Å². The smallest absolute Gasteiger partial charge is 0.236 e. The largest absolute Gasteiger partial charge is 0.497 e. The Bertz CT molecular complexity index is 1250. The lowest BCUT2D eigenvalue weighted by molar-refractivity contribution is -0.130. The lowest BCUT2D eigenvalue weighted by Crippen LogP contribution is -2.72. The molecule has 2 bridgehead atoms. The van der Waals surface area contributed by atoms with Gasteiger partial charge in [0, 0.05) is 16.9 Å². The molecule has 3 aromatic carbocycles. The Labute approximate surface area is 210 Å². The van der Waals surface area contributed by atoms with Crippen LogP contribution in [0.15, 0.2) is 72.8 Å². The molecule has 1 amide bonds. The number of benzene rings is 3. The van der Waals surface area contributed by atoms with E-state index in [1.54, 1.807) is 7.11 Å². The third kappa shape index (κ3) is 3.93. The third-order valence-electron chi connectivity index (χ3n) is 6.44. The number of methoxy groups -OCH3 is 1. The number of amides is 1. The Kier molecular flexibility index (Phi) is 5.98. The first-order chi connectivity index (χ1) is 17.0. The standard InChI is InChI=1S/C27H27N3O4S/c1-4-33-21-12-8-11-20-23-22(25(31)28-17-13-15-19(32-3)16-14-17)27(2,34-24(20)21)30(26(35)29-23)18-9-6-5-7-10-18/h5-16,22-23H,4H2,1-3H3,(H,28,31)(H,29,35). The van der Waals surface area contributed by atoms with Crippen LogP contribution in [0.25, 0.3) is 0 Å². The maximum Gasteiger partial charge on any atom is 0.236 e. The molecule has 1 fully saturated rings. The summed E-state index contributed by atoms with van der Waals surface area (Å²) in [4.78, 5) is 15.8. The maximum atomic E-state index is 13.9. The molecule has 0 saturated carbocycles. The van der Waals surface area contributed by atoms with E-state index in [1.807, 2.05) is 91.5 Å². The predicted octanol–water partition coefficient (Wildman–Crippen LogP) is 4.89. The van der Waals surface area contributed by atoms with E-state index in [0.29, 0.717) is 34.7 Å². The minimum atomic E-state index is -1.12. The lowest BCUT2D eigenvalue weighted by Gasteiger charge is -2.56. The van der Waals surface area contributed by atoms with Crippen molar-refractivity contribution in [1.82, 2.24) is 5.32 Å². The minimum absolute atomic E-state index is 0.189. The number of nitrogens with one attached hydrogen (secondary N) is 2. The van der Waals surface area contributed by atoms with Gasteiger partial charge < -0.3 is 24.8 Å². The van der Waals surface area contributed by atoms with Crippen LogP contribution in [0.5, 0.6) is 17.2 Å². The first kappa shape index (κ1) is 23.0. The zero-order chi connectivity index (χ0) is 24.6. The molecule has 3 unspecified atom stereocenters. The predicted molar refractivity (Wildman–Crippen MR) is 139 cm³/mol. The van der Waals surface area contributed by atoms with Crippen LogP contribution in [0.3, 0.4) is 0 Å². The SMILES string of the molecule is CCOc1cccc2c1OC1(C)C(C(=O)Nc3ccc(OC)cc3)C2NC(=S)N1c1ccccc1. The van der Waals surface area contributed by atoms with E-state index in [1.165, 1.54) is 0 Å². The average Bonchev–Trinajstić information content (AvgIpc) is 2.85. The number of anilines is 2. The molecule has 3 aromatic rings. The summed E-state index contributed by atoms with van der Waals surface area (Å²) in [6.45, 7) is 4.33. The Morgan fingerprint density at radius 3 is 2.54 bits per heavy atom. The van der Waals surface area contributed by atoms with Crippen molar-refractivity contribution in [1.29, 1.82) is 0 Å². The van der Waals surface area contributed by atoms with Crippen LogP contribution >= 0.6 is 12.2 Å². The van der Waals surface area contributed by atoms with Crippen LogP contribution in [0.1, 0.15) is 25.5 Å². The van der Waals surface area contributed by atoms with E-state index in [-0.39, 0.29) is 5.91 Å². The number of rotatable bonds is 6. The van der Waals surface area contributed by atoms with Crippen molar-refractivity contribution in [3.05, 3.63) is 78.4 Å². The summed E-state index contributed by atoms with van der Waals surface area (Å²) < 4.78 is 17.8. The molecule has 35 heavy (non-hydrogen) atoms. The summed E-state index contributed by atoms with van der Waals surface area (Å²) in [5, 5.41) is 6.97. The van der Waals surface area contributed by atoms with Crippen LogP contribution in [-0.4, -0.2) is 30.5 Å². The normalized spacial score (nSPS) is 22.4. The van der Waals surface area contributed by atoms with Crippen LogP contribution in [-0.2, 0) is 4.79 Å². The van der Waals surface area contributed by atoms with Gasteiger partial charge in [0.25, 0.3) is 0 Å². The summed E-state index contributed by atoms with van der Waals surface area (Å²) in [5.41, 5.74) is 1.20. The number of nitrogens with zero attached hydrogens (tertiary/aromatic N) is 1. The number of fused-ring (bicyclic) bond motifs is 4. The van der Waals surface area contributed by atoms with Gasteiger partial charge in [-0.05, 0) is 68.5 Å². The summed E-state index contributed by atoms with van der Waals surface area (Å²) >= 11 is 5.80. The second-order valence-electron chi connectivity index (χ2n) is 8.56. The highest BCUT2D eigenvalue weighted by Gasteiger charge is 2.59. The number of carbonyl (C=O) groups is 1. The fraction of sp³-hybridized carbons (Fsp3) is 0.259. The molecule has 1 saturated heterocycles. The Morgan fingerprint density at radius 2 is 1.86 bits per heavy atom. The molecule has 3 atom stereocenters. The Hall–Kier alpha value is -3.78. The number of hydrogen-bond acceptors (Lipinski definition) is 5. The molecule has 7 nitrogen and oxygen atoms in total. The van der Waals surface area contributed by atoms with Crippen LogP contribution in [0.4, 0.5) is 11.4 Å². The molecule has 0 aliphatic carbocycles. The fourth-order valence-corrected chi connectivity index (χ4v) is 5.31. The minimum Gasteiger partial charge on any atom is -0.497 e. The second-order valence-corrected chi connectivity index (χ2v) is 8.94. The molecule has 0 aromatic heterocycles. The molecule has 2 aliphatic heterocycles. The highest BCUT2D eigenvalue weighted by atomic mass is 32.1. The van der Waals surface area contributed by atoms with Gasteiger partial charge in [0.2, 0.25) is 5.91 Å².